The van der Waals surface area contributed by atoms with Crippen LogP contribution >= 0.6 is 24.8 Å². The van der Waals surface area contributed by atoms with E-state index >= 15 is 0 Å². The van der Waals surface area contributed by atoms with Gasteiger partial charge in [-0.1, -0.05) is 18.2 Å². The Morgan fingerprint density at radius 3 is 2.73 bits per heavy atom. The molecule has 0 spiro atoms. The Balaban J connectivity index is 0.00000160. The van der Waals surface area contributed by atoms with Crippen LogP contribution in [0.5, 0.6) is 11.5 Å². The van der Waals surface area contributed by atoms with Crippen molar-refractivity contribution in [2.24, 2.45) is 5.92 Å². The number of likely N-dealkylation sites (tertiary alicyclic amines) is 1. The maximum Gasteiger partial charge on any atom is 0.161 e. The highest BCUT2D eigenvalue weighted by molar-refractivity contribution is 5.85. The second kappa shape index (κ2) is 11.8. The van der Waals surface area contributed by atoms with Gasteiger partial charge in [-0.05, 0) is 73.7 Å². The molecule has 0 radical (unpaired) electrons. The van der Waals surface area contributed by atoms with Crippen LogP contribution in [0.2, 0.25) is 0 Å². The van der Waals surface area contributed by atoms with Crippen molar-refractivity contribution in [1.82, 2.24) is 10.2 Å². The standard InChI is InChI=1S/C23H29FN2O2.2ClH/c1-27-22-8-7-17(13-23(22)28-16-18-4-2-6-20(24)12-18)14-26-11-9-21-19(15-26)5-3-10-25-21;;/h2,4,6-8,12-13,19,21,25H,3,5,9-11,14-16H2,1H3;2*1H/t19-,21+;;/m1../s1. The zero-order valence-electron chi connectivity index (χ0n) is 17.3. The molecule has 30 heavy (non-hydrogen) atoms. The number of hydrogen-bond acceptors (Lipinski definition) is 4. The molecule has 7 heteroatoms. The Hall–Kier alpha value is -1.53. The summed E-state index contributed by atoms with van der Waals surface area (Å²) >= 11 is 0. The van der Waals surface area contributed by atoms with Crippen LogP contribution in [0.4, 0.5) is 4.39 Å². The third-order valence-corrected chi connectivity index (χ3v) is 5.89. The average Bonchev–Trinajstić information content (AvgIpc) is 2.72. The van der Waals surface area contributed by atoms with Gasteiger partial charge in [0.1, 0.15) is 12.4 Å². The van der Waals surface area contributed by atoms with Crippen molar-refractivity contribution in [3.8, 4) is 11.5 Å². The lowest BCUT2D eigenvalue weighted by Gasteiger charge is -2.41. The molecule has 2 heterocycles. The summed E-state index contributed by atoms with van der Waals surface area (Å²) in [5.74, 6) is 1.93. The number of fused-ring (bicyclic) bond motifs is 1. The highest BCUT2D eigenvalue weighted by Gasteiger charge is 2.30. The number of hydrogen-bond donors (Lipinski definition) is 1. The summed E-state index contributed by atoms with van der Waals surface area (Å²) in [5, 5.41) is 3.68. The van der Waals surface area contributed by atoms with Crippen LogP contribution in [-0.4, -0.2) is 37.7 Å². The monoisotopic (exact) mass is 456 g/mol. The molecule has 2 fully saturated rings. The van der Waals surface area contributed by atoms with E-state index in [0.29, 0.717) is 24.1 Å². The lowest BCUT2D eigenvalue weighted by atomic mass is 9.85. The predicted octanol–water partition coefficient (Wildman–Crippen LogP) is 4.83. The van der Waals surface area contributed by atoms with Gasteiger partial charge in [0.2, 0.25) is 0 Å². The topological polar surface area (TPSA) is 33.7 Å². The molecule has 1 N–H and O–H groups in total. The van der Waals surface area contributed by atoms with E-state index in [9.17, 15) is 4.39 Å². The van der Waals surface area contributed by atoms with Gasteiger partial charge in [0.25, 0.3) is 0 Å². The molecule has 2 aliphatic rings. The maximum atomic E-state index is 13.4. The summed E-state index contributed by atoms with van der Waals surface area (Å²) in [6.45, 7) is 4.69. The SMILES string of the molecule is COc1ccc(CN2CC[C@@H]3NCCC[C@@H]3C2)cc1OCc1cccc(F)c1.Cl.Cl. The Morgan fingerprint density at radius 2 is 1.93 bits per heavy atom. The van der Waals surface area contributed by atoms with E-state index in [1.807, 2.05) is 12.1 Å². The van der Waals surface area contributed by atoms with E-state index in [4.69, 9.17) is 9.47 Å². The second-order valence-corrected chi connectivity index (χ2v) is 7.89. The molecule has 0 bridgehead atoms. The average molecular weight is 457 g/mol. The minimum atomic E-state index is -0.248. The second-order valence-electron chi connectivity index (χ2n) is 7.89. The van der Waals surface area contributed by atoms with Crippen LogP contribution in [0.3, 0.4) is 0 Å². The molecule has 0 unspecified atom stereocenters. The Bertz CT molecular complexity index is 809. The molecule has 4 nitrogen and oxygen atoms in total. The van der Waals surface area contributed by atoms with Gasteiger partial charge in [0, 0.05) is 19.1 Å². The van der Waals surface area contributed by atoms with E-state index in [2.05, 4.69) is 22.3 Å². The fourth-order valence-corrected chi connectivity index (χ4v) is 4.44. The number of nitrogens with one attached hydrogen (secondary N) is 1. The lowest BCUT2D eigenvalue weighted by Crippen LogP contribution is -2.51. The summed E-state index contributed by atoms with van der Waals surface area (Å²) < 4.78 is 24.8. The number of ether oxygens (including phenoxy) is 2. The quantitative estimate of drug-likeness (QED) is 0.674. The highest BCUT2D eigenvalue weighted by atomic mass is 35.5. The van der Waals surface area contributed by atoms with Crippen molar-refractivity contribution in [3.05, 3.63) is 59.4 Å². The van der Waals surface area contributed by atoms with E-state index < -0.39 is 0 Å². The van der Waals surface area contributed by atoms with Crippen molar-refractivity contribution in [3.63, 3.8) is 0 Å². The van der Waals surface area contributed by atoms with Crippen molar-refractivity contribution < 1.29 is 13.9 Å². The molecule has 2 atom stereocenters. The lowest BCUT2D eigenvalue weighted by molar-refractivity contribution is 0.109. The van der Waals surface area contributed by atoms with Crippen LogP contribution in [0, 0.1) is 11.7 Å². The number of halogens is 3. The maximum absolute atomic E-state index is 13.4. The van der Waals surface area contributed by atoms with Crippen LogP contribution in [-0.2, 0) is 13.2 Å². The van der Waals surface area contributed by atoms with E-state index in [1.165, 1.54) is 43.5 Å². The van der Waals surface area contributed by atoms with Gasteiger partial charge in [0.15, 0.2) is 11.5 Å². The molecule has 0 saturated carbocycles. The predicted molar refractivity (Wildman–Crippen MR) is 123 cm³/mol. The molecular formula is C23H31Cl2FN2O2. The van der Waals surface area contributed by atoms with Gasteiger partial charge in [-0.25, -0.2) is 4.39 Å². The van der Waals surface area contributed by atoms with Crippen LogP contribution in [0.15, 0.2) is 42.5 Å². The van der Waals surface area contributed by atoms with Crippen LogP contribution < -0.4 is 14.8 Å². The highest BCUT2D eigenvalue weighted by Crippen LogP contribution is 2.31. The number of methoxy groups -OCH3 is 1. The minimum Gasteiger partial charge on any atom is -0.493 e. The normalized spacial score (nSPS) is 21.0. The van der Waals surface area contributed by atoms with Gasteiger partial charge in [-0.3, -0.25) is 4.90 Å². The zero-order valence-corrected chi connectivity index (χ0v) is 18.9. The molecule has 2 saturated heterocycles. The fraction of sp³-hybridized carbons (Fsp3) is 0.478. The molecule has 2 aliphatic heterocycles. The number of piperidine rings is 2. The molecule has 166 valence electrons. The molecular weight excluding hydrogens is 426 g/mol. The largest absolute Gasteiger partial charge is 0.493 e. The Labute approximate surface area is 190 Å². The number of rotatable bonds is 6. The Morgan fingerprint density at radius 1 is 1.07 bits per heavy atom. The summed E-state index contributed by atoms with van der Waals surface area (Å²) in [6, 6.07) is 13.3. The van der Waals surface area contributed by atoms with Crippen LogP contribution in [0.25, 0.3) is 0 Å². The first-order chi connectivity index (χ1) is 13.7. The van der Waals surface area contributed by atoms with E-state index in [1.54, 1.807) is 13.2 Å². The molecule has 0 aromatic heterocycles. The van der Waals surface area contributed by atoms with Crippen molar-refractivity contribution in [2.45, 2.75) is 38.5 Å². The first-order valence-electron chi connectivity index (χ1n) is 10.2. The van der Waals surface area contributed by atoms with Gasteiger partial charge < -0.3 is 14.8 Å². The smallest absolute Gasteiger partial charge is 0.161 e. The fourth-order valence-electron chi connectivity index (χ4n) is 4.44. The zero-order chi connectivity index (χ0) is 19.3. The van der Waals surface area contributed by atoms with Gasteiger partial charge >= 0.3 is 0 Å². The molecule has 4 rings (SSSR count). The first kappa shape index (κ1) is 24.7. The van der Waals surface area contributed by atoms with Crippen molar-refractivity contribution >= 4 is 24.8 Å². The summed E-state index contributed by atoms with van der Waals surface area (Å²) in [4.78, 5) is 2.55. The molecule has 0 aliphatic carbocycles. The summed E-state index contributed by atoms with van der Waals surface area (Å²) in [5.41, 5.74) is 2.02. The third-order valence-electron chi connectivity index (χ3n) is 5.89. The summed E-state index contributed by atoms with van der Waals surface area (Å²) in [6.07, 6.45) is 3.85. The van der Waals surface area contributed by atoms with Crippen molar-refractivity contribution in [1.29, 1.82) is 0 Å². The number of nitrogens with zero attached hydrogens (tertiary/aromatic N) is 1. The number of benzene rings is 2. The Kier molecular flexibility index (Phi) is 9.69. The molecule has 2 aromatic rings. The van der Waals surface area contributed by atoms with Crippen LogP contribution in [0.1, 0.15) is 30.4 Å². The third kappa shape index (κ3) is 6.24. The molecule has 2 aromatic carbocycles. The van der Waals surface area contributed by atoms with E-state index in [0.717, 1.165) is 31.1 Å². The minimum absolute atomic E-state index is 0. The van der Waals surface area contributed by atoms with Crippen molar-refractivity contribution in [2.75, 3.05) is 26.7 Å². The van der Waals surface area contributed by atoms with Gasteiger partial charge in [0.05, 0.1) is 7.11 Å². The molecule has 0 amide bonds. The summed E-state index contributed by atoms with van der Waals surface area (Å²) in [7, 11) is 1.64. The van der Waals surface area contributed by atoms with Gasteiger partial charge in [-0.2, -0.15) is 0 Å². The first-order valence-corrected chi connectivity index (χ1v) is 10.2. The van der Waals surface area contributed by atoms with Gasteiger partial charge in [-0.15, -0.1) is 24.8 Å². The van der Waals surface area contributed by atoms with E-state index in [-0.39, 0.29) is 30.6 Å².